The van der Waals surface area contributed by atoms with Crippen molar-refractivity contribution < 1.29 is 5.11 Å². The fourth-order valence-corrected chi connectivity index (χ4v) is 1.45. The molecule has 4 nitrogen and oxygen atoms in total. The van der Waals surface area contributed by atoms with Gasteiger partial charge in [0, 0.05) is 11.6 Å². The Hall–Kier alpha value is -1.81. The number of phenolic OH excluding ortho intramolecular Hbond substituents is 1. The van der Waals surface area contributed by atoms with Crippen LogP contribution in [0.2, 0.25) is 5.15 Å². The monoisotopic (exact) mass is 221 g/mol. The maximum atomic E-state index is 9.60. The molecular formula is C10H8ClN3O. The van der Waals surface area contributed by atoms with Crippen LogP contribution in [0.1, 0.15) is 0 Å². The lowest BCUT2D eigenvalue weighted by Crippen LogP contribution is -1.96. The number of benzene rings is 1. The summed E-state index contributed by atoms with van der Waals surface area (Å²) in [4.78, 5) is 7.73. The van der Waals surface area contributed by atoms with E-state index in [9.17, 15) is 5.11 Å². The van der Waals surface area contributed by atoms with E-state index in [0.29, 0.717) is 11.3 Å². The first-order valence-corrected chi connectivity index (χ1v) is 4.63. The van der Waals surface area contributed by atoms with Crippen LogP contribution in [0.15, 0.2) is 30.3 Å². The number of aromatic nitrogens is 2. The van der Waals surface area contributed by atoms with Crippen LogP contribution in [0.3, 0.4) is 0 Å². The zero-order valence-corrected chi connectivity index (χ0v) is 8.44. The van der Waals surface area contributed by atoms with Gasteiger partial charge in [0.1, 0.15) is 10.9 Å². The van der Waals surface area contributed by atoms with Crippen LogP contribution in [-0.2, 0) is 0 Å². The fraction of sp³-hybridized carbons (Fsp3) is 0. The number of nitrogen functional groups attached to an aromatic ring is 1. The lowest BCUT2D eigenvalue weighted by molar-refractivity contribution is 0.477. The predicted molar refractivity (Wildman–Crippen MR) is 58.6 cm³/mol. The van der Waals surface area contributed by atoms with Gasteiger partial charge in [0.2, 0.25) is 5.95 Å². The largest absolute Gasteiger partial charge is 0.507 e. The molecule has 1 heterocycles. The number of aromatic hydroxyl groups is 1. The summed E-state index contributed by atoms with van der Waals surface area (Å²) in [6.07, 6.45) is 0. The molecule has 0 saturated heterocycles. The first-order valence-electron chi connectivity index (χ1n) is 4.25. The summed E-state index contributed by atoms with van der Waals surface area (Å²) >= 11 is 5.74. The molecule has 1 aromatic carbocycles. The number of anilines is 1. The molecule has 0 atom stereocenters. The molecule has 0 saturated carbocycles. The molecule has 0 amide bonds. The third-order valence-corrected chi connectivity index (χ3v) is 2.09. The molecule has 1 aromatic heterocycles. The van der Waals surface area contributed by atoms with Gasteiger partial charge in [-0.3, -0.25) is 0 Å². The highest BCUT2D eigenvalue weighted by Crippen LogP contribution is 2.28. The maximum absolute atomic E-state index is 9.60. The van der Waals surface area contributed by atoms with Gasteiger partial charge in [-0.15, -0.1) is 0 Å². The summed E-state index contributed by atoms with van der Waals surface area (Å²) < 4.78 is 0. The summed E-state index contributed by atoms with van der Waals surface area (Å²) in [5.74, 6) is 0.215. The molecule has 2 aromatic rings. The van der Waals surface area contributed by atoms with Crippen LogP contribution in [0.25, 0.3) is 11.3 Å². The number of para-hydroxylation sites is 1. The third kappa shape index (κ3) is 1.99. The summed E-state index contributed by atoms with van der Waals surface area (Å²) in [7, 11) is 0. The van der Waals surface area contributed by atoms with E-state index in [1.165, 1.54) is 0 Å². The van der Waals surface area contributed by atoms with Gasteiger partial charge in [-0.05, 0) is 12.1 Å². The first kappa shape index (κ1) is 9.73. The summed E-state index contributed by atoms with van der Waals surface area (Å²) in [5.41, 5.74) is 6.54. The molecule has 0 aliphatic heterocycles. The molecule has 0 radical (unpaired) electrons. The van der Waals surface area contributed by atoms with Crippen LogP contribution in [0, 0.1) is 0 Å². The maximum Gasteiger partial charge on any atom is 0.221 e. The van der Waals surface area contributed by atoms with E-state index in [2.05, 4.69) is 9.97 Å². The van der Waals surface area contributed by atoms with Gasteiger partial charge >= 0.3 is 0 Å². The quantitative estimate of drug-likeness (QED) is 0.724. The molecule has 0 aliphatic rings. The zero-order valence-electron chi connectivity index (χ0n) is 7.68. The standard InChI is InChI=1S/C10H8ClN3O/c11-9-5-7(13-10(12)14-9)6-3-1-2-4-8(6)15/h1-5,15H,(H2,12,13,14). The summed E-state index contributed by atoms with van der Waals surface area (Å²) in [6, 6.07) is 8.37. The van der Waals surface area contributed by atoms with Crippen LogP contribution >= 0.6 is 11.6 Å². The van der Waals surface area contributed by atoms with Gasteiger partial charge < -0.3 is 10.8 Å². The normalized spacial score (nSPS) is 10.2. The topological polar surface area (TPSA) is 72.0 Å². The number of nitrogens with two attached hydrogens (primary N) is 1. The van der Waals surface area contributed by atoms with Crippen molar-refractivity contribution in [1.82, 2.24) is 9.97 Å². The Labute approximate surface area is 91.4 Å². The highest BCUT2D eigenvalue weighted by Gasteiger charge is 2.07. The summed E-state index contributed by atoms with van der Waals surface area (Å²) in [5, 5.41) is 9.85. The minimum Gasteiger partial charge on any atom is -0.507 e. The van der Waals surface area contributed by atoms with E-state index in [1.54, 1.807) is 30.3 Å². The average molecular weight is 222 g/mol. The van der Waals surface area contributed by atoms with E-state index in [1.807, 2.05) is 0 Å². The molecule has 0 spiro atoms. The molecule has 76 valence electrons. The summed E-state index contributed by atoms with van der Waals surface area (Å²) in [6.45, 7) is 0. The lowest BCUT2D eigenvalue weighted by atomic mass is 10.1. The minimum absolute atomic E-state index is 0.0840. The molecule has 15 heavy (non-hydrogen) atoms. The van der Waals surface area contributed by atoms with Crippen molar-refractivity contribution in [2.45, 2.75) is 0 Å². The van der Waals surface area contributed by atoms with Crippen LogP contribution in [0.4, 0.5) is 5.95 Å². The highest BCUT2D eigenvalue weighted by molar-refractivity contribution is 6.29. The van der Waals surface area contributed by atoms with E-state index in [0.717, 1.165) is 0 Å². The second-order valence-electron chi connectivity index (χ2n) is 2.95. The van der Waals surface area contributed by atoms with Gasteiger partial charge in [-0.2, -0.15) is 0 Å². The van der Waals surface area contributed by atoms with Gasteiger partial charge in [0.15, 0.2) is 0 Å². The van der Waals surface area contributed by atoms with Gasteiger partial charge in [-0.1, -0.05) is 23.7 Å². The fourth-order valence-electron chi connectivity index (χ4n) is 1.26. The zero-order chi connectivity index (χ0) is 10.8. The number of rotatable bonds is 1. The van der Waals surface area contributed by atoms with Gasteiger partial charge in [0.25, 0.3) is 0 Å². The SMILES string of the molecule is Nc1nc(Cl)cc(-c2ccccc2O)n1. The Kier molecular flexibility index (Phi) is 2.43. The molecule has 2 rings (SSSR count). The van der Waals surface area contributed by atoms with Crippen molar-refractivity contribution in [3.05, 3.63) is 35.5 Å². The minimum atomic E-state index is 0.0840. The van der Waals surface area contributed by atoms with Gasteiger partial charge in [-0.25, -0.2) is 9.97 Å². The Bertz CT molecular complexity index is 482. The van der Waals surface area contributed by atoms with Crippen molar-refractivity contribution in [3.63, 3.8) is 0 Å². The van der Waals surface area contributed by atoms with Crippen molar-refractivity contribution in [1.29, 1.82) is 0 Å². The van der Waals surface area contributed by atoms with E-state index >= 15 is 0 Å². The van der Waals surface area contributed by atoms with Crippen molar-refractivity contribution in [2.75, 3.05) is 5.73 Å². The van der Waals surface area contributed by atoms with E-state index in [-0.39, 0.29) is 16.9 Å². The van der Waals surface area contributed by atoms with E-state index in [4.69, 9.17) is 17.3 Å². The van der Waals surface area contributed by atoms with Crippen LogP contribution < -0.4 is 5.73 Å². The second-order valence-corrected chi connectivity index (χ2v) is 3.34. The Morgan fingerprint density at radius 3 is 2.60 bits per heavy atom. The predicted octanol–water partition coefficient (Wildman–Crippen LogP) is 2.08. The average Bonchev–Trinajstić information content (AvgIpc) is 2.16. The Morgan fingerprint density at radius 1 is 1.20 bits per heavy atom. The van der Waals surface area contributed by atoms with Crippen molar-refractivity contribution in [2.24, 2.45) is 0 Å². The second kappa shape index (κ2) is 3.74. The van der Waals surface area contributed by atoms with Crippen molar-refractivity contribution in [3.8, 4) is 17.0 Å². The number of nitrogens with zero attached hydrogens (tertiary/aromatic N) is 2. The highest BCUT2D eigenvalue weighted by atomic mass is 35.5. The molecule has 5 heteroatoms. The molecule has 0 aliphatic carbocycles. The molecule has 0 bridgehead atoms. The number of hydrogen-bond donors (Lipinski definition) is 2. The Balaban J connectivity index is 2.59. The van der Waals surface area contributed by atoms with E-state index < -0.39 is 0 Å². The molecule has 0 fully saturated rings. The lowest BCUT2D eigenvalue weighted by Gasteiger charge is -2.04. The molecule has 0 unspecified atom stereocenters. The third-order valence-electron chi connectivity index (χ3n) is 1.89. The van der Waals surface area contributed by atoms with Crippen LogP contribution in [-0.4, -0.2) is 15.1 Å². The molecule has 3 N–H and O–H groups in total. The van der Waals surface area contributed by atoms with Crippen molar-refractivity contribution >= 4 is 17.5 Å². The number of phenols is 1. The van der Waals surface area contributed by atoms with Crippen LogP contribution in [0.5, 0.6) is 5.75 Å². The van der Waals surface area contributed by atoms with Gasteiger partial charge in [0.05, 0.1) is 5.69 Å². The Morgan fingerprint density at radius 2 is 1.93 bits per heavy atom. The smallest absolute Gasteiger partial charge is 0.221 e. The number of hydrogen-bond acceptors (Lipinski definition) is 4. The molecular weight excluding hydrogens is 214 g/mol. The first-order chi connectivity index (χ1) is 7.16. The number of halogens is 1.